The van der Waals surface area contributed by atoms with Gasteiger partial charge in [-0.2, -0.15) is 0 Å². The summed E-state index contributed by atoms with van der Waals surface area (Å²) in [5.41, 5.74) is 9.25. The lowest BCUT2D eigenvalue weighted by Gasteiger charge is -2.21. The summed E-state index contributed by atoms with van der Waals surface area (Å²) in [5, 5.41) is 8.51. The molecular formula is C33H42N4O5. The molecule has 0 unspecified atom stereocenters. The number of hydrogen-bond acceptors (Lipinski definition) is 6. The Morgan fingerprint density at radius 1 is 0.738 bits per heavy atom. The molecule has 3 amide bonds. The van der Waals surface area contributed by atoms with Gasteiger partial charge < -0.3 is 31.2 Å². The number of carbonyl (C=O) groups is 3. The van der Waals surface area contributed by atoms with E-state index >= 15 is 0 Å². The predicted octanol–water partition coefficient (Wildman–Crippen LogP) is 4.02. The lowest BCUT2D eigenvalue weighted by atomic mass is 10.0. The zero-order valence-electron chi connectivity index (χ0n) is 24.8. The first-order chi connectivity index (χ1) is 20.0. The van der Waals surface area contributed by atoms with Gasteiger partial charge in [-0.1, -0.05) is 66.7 Å². The number of benzene rings is 3. The lowest BCUT2D eigenvalue weighted by molar-refractivity contribution is -0.129. The molecule has 42 heavy (non-hydrogen) atoms. The second-order valence-corrected chi connectivity index (χ2v) is 11.0. The molecule has 0 saturated heterocycles. The highest BCUT2D eigenvalue weighted by Gasteiger charge is 2.24. The quantitative estimate of drug-likeness (QED) is 0.244. The molecule has 9 heteroatoms. The molecule has 0 aliphatic carbocycles. The van der Waals surface area contributed by atoms with Gasteiger partial charge in [0.25, 0.3) is 0 Å². The zero-order valence-corrected chi connectivity index (χ0v) is 24.8. The molecule has 0 spiro atoms. The highest BCUT2D eigenvalue weighted by molar-refractivity contribution is 5.90. The highest BCUT2D eigenvalue weighted by atomic mass is 16.6. The van der Waals surface area contributed by atoms with E-state index in [0.29, 0.717) is 26.0 Å². The number of rotatable bonds is 13. The van der Waals surface area contributed by atoms with Crippen LogP contribution in [-0.4, -0.2) is 42.2 Å². The standard InChI is InChI=1S/C33H42N4O5/c1-5-41-27-17-15-24(16-18-27)19-28(34)30(38)37-29(20-23-9-7-6-8-10-23)31(39)35-21-25-11-13-26(14-12-25)22-36-32(40)42-33(2,3)4/h6-18,28-29H,5,19-22,34H2,1-4H3,(H,35,39)(H,36,40)(H,37,38)/t28-,29+/m1/s1. The summed E-state index contributed by atoms with van der Waals surface area (Å²) in [5.74, 6) is 0.0453. The van der Waals surface area contributed by atoms with Crippen molar-refractivity contribution in [3.63, 3.8) is 0 Å². The molecule has 5 N–H and O–H groups in total. The summed E-state index contributed by atoms with van der Waals surface area (Å²) in [6, 6.07) is 22.8. The third-order valence-electron chi connectivity index (χ3n) is 6.27. The fourth-order valence-corrected chi connectivity index (χ4v) is 4.15. The van der Waals surface area contributed by atoms with Crippen molar-refractivity contribution in [2.45, 2.75) is 71.3 Å². The average Bonchev–Trinajstić information content (AvgIpc) is 2.95. The molecule has 3 aromatic rings. The number of nitrogens with two attached hydrogens (primary N) is 1. The number of nitrogens with one attached hydrogen (secondary N) is 3. The minimum Gasteiger partial charge on any atom is -0.494 e. The van der Waals surface area contributed by atoms with Crippen LogP contribution >= 0.6 is 0 Å². The highest BCUT2D eigenvalue weighted by Crippen LogP contribution is 2.14. The average molecular weight is 575 g/mol. The first-order valence-corrected chi connectivity index (χ1v) is 14.2. The van der Waals surface area contributed by atoms with Crippen LogP contribution in [0.15, 0.2) is 78.9 Å². The Morgan fingerprint density at radius 3 is 1.86 bits per heavy atom. The molecule has 3 aromatic carbocycles. The van der Waals surface area contributed by atoms with E-state index in [1.54, 1.807) is 0 Å². The Labute approximate surface area is 248 Å². The van der Waals surface area contributed by atoms with E-state index in [0.717, 1.165) is 28.0 Å². The summed E-state index contributed by atoms with van der Waals surface area (Å²) in [6.45, 7) is 8.52. The number of alkyl carbamates (subject to hydrolysis) is 1. The van der Waals surface area contributed by atoms with Crippen molar-refractivity contribution < 1.29 is 23.9 Å². The molecule has 0 aromatic heterocycles. The van der Waals surface area contributed by atoms with Crippen molar-refractivity contribution in [2.24, 2.45) is 5.73 Å². The third kappa shape index (κ3) is 11.2. The van der Waals surface area contributed by atoms with Crippen molar-refractivity contribution in [3.8, 4) is 5.75 Å². The van der Waals surface area contributed by atoms with E-state index < -0.39 is 29.7 Å². The largest absolute Gasteiger partial charge is 0.494 e. The van der Waals surface area contributed by atoms with Crippen LogP contribution in [0.1, 0.15) is 49.9 Å². The predicted molar refractivity (Wildman–Crippen MR) is 163 cm³/mol. The normalized spacial score (nSPS) is 12.5. The van der Waals surface area contributed by atoms with E-state index in [2.05, 4.69) is 16.0 Å². The number of ether oxygens (including phenoxy) is 2. The van der Waals surface area contributed by atoms with Gasteiger partial charge >= 0.3 is 6.09 Å². The van der Waals surface area contributed by atoms with Crippen LogP contribution in [0.3, 0.4) is 0 Å². The molecule has 0 aliphatic heterocycles. The van der Waals surface area contributed by atoms with E-state index in [9.17, 15) is 14.4 Å². The third-order valence-corrected chi connectivity index (χ3v) is 6.27. The minimum absolute atomic E-state index is 0.276. The molecule has 0 heterocycles. The maximum atomic E-state index is 13.3. The molecule has 2 atom stereocenters. The Hall–Kier alpha value is -4.37. The fourth-order valence-electron chi connectivity index (χ4n) is 4.15. The SMILES string of the molecule is CCOc1ccc(C[C@@H](N)C(=O)N[C@@H](Cc2ccccc2)C(=O)NCc2ccc(CNC(=O)OC(C)(C)C)cc2)cc1. The Morgan fingerprint density at radius 2 is 1.29 bits per heavy atom. The number of amides is 3. The van der Waals surface area contributed by atoms with E-state index in [1.165, 1.54) is 0 Å². The fraction of sp³-hybridized carbons (Fsp3) is 0.364. The van der Waals surface area contributed by atoms with Gasteiger partial charge in [-0.25, -0.2) is 4.79 Å². The molecule has 0 bridgehead atoms. The van der Waals surface area contributed by atoms with Crippen molar-refractivity contribution >= 4 is 17.9 Å². The van der Waals surface area contributed by atoms with Crippen molar-refractivity contribution in [2.75, 3.05) is 6.61 Å². The van der Waals surface area contributed by atoms with Crippen LogP contribution < -0.4 is 26.4 Å². The minimum atomic E-state index is -0.823. The summed E-state index contributed by atoms with van der Waals surface area (Å²) < 4.78 is 10.7. The van der Waals surface area contributed by atoms with Crippen LogP contribution in [0.5, 0.6) is 5.75 Å². The summed E-state index contributed by atoms with van der Waals surface area (Å²) in [6.07, 6.45) is 0.167. The molecule has 3 rings (SSSR count). The van der Waals surface area contributed by atoms with Crippen LogP contribution in [0.25, 0.3) is 0 Å². The lowest BCUT2D eigenvalue weighted by Crippen LogP contribution is -2.52. The van der Waals surface area contributed by atoms with Gasteiger partial charge in [0.2, 0.25) is 11.8 Å². The smallest absolute Gasteiger partial charge is 0.407 e. The number of carbonyl (C=O) groups excluding carboxylic acids is 3. The van der Waals surface area contributed by atoms with Gasteiger partial charge in [-0.3, -0.25) is 9.59 Å². The summed E-state index contributed by atoms with van der Waals surface area (Å²) >= 11 is 0. The molecule has 9 nitrogen and oxygen atoms in total. The van der Waals surface area contributed by atoms with Gasteiger partial charge in [-0.15, -0.1) is 0 Å². The van der Waals surface area contributed by atoms with Crippen molar-refractivity contribution in [1.82, 2.24) is 16.0 Å². The Balaban J connectivity index is 1.57. The molecule has 0 radical (unpaired) electrons. The van der Waals surface area contributed by atoms with Crippen LogP contribution in [0, 0.1) is 0 Å². The molecule has 224 valence electrons. The van der Waals surface area contributed by atoms with Gasteiger partial charge in [0.15, 0.2) is 0 Å². The number of hydrogen-bond donors (Lipinski definition) is 4. The molecule has 0 saturated carbocycles. The van der Waals surface area contributed by atoms with Crippen LogP contribution in [0.4, 0.5) is 4.79 Å². The van der Waals surface area contributed by atoms with Gasteiger partial charge in [0.1, 0.15) is 17.4 Å². The maximum Gasteiger partial charge on any atom is 0.407 e. The molecule has 0 fully saturated rings. The van der Waals surface area contributed by atoms with Crippen LogP contribution in [-0.2, 0) is 40.3 Å². The van der Waals surface area contributed by atoms with E-state index in [-0.39, 0.29) is 12.5 Å². The summed E-state index contributed by atoms with van der Waals surface area (Å²) in [7, 11) is 0. The maximum absolute atomic E-state index is 13.3. The second-order valence-electron chi connectivity index (χ2n) is 11.0. The first kappa shape index (κ1) is 32.1. The van der Waals surface area contributed by atoms with Gasteiger partial charge in [0.05, 0.1) is 12.6 Å². The summed E-state index contributed by atoms with van der Waals surface area (Å²) in [4.78, 5) is 38.2. The second kappa shape index (κ2) is 15.6. The molecule has 0 aliphatic rings. The van der Waals surface area contributed by atoms with E-state index in [4.69, 9.17) is 15.2 Å². The Bertz CT molecular complexity index is 1290. The zero-order chi connectivity index (χ0) is 30.5. The monoisotopic (exact) mass is 574 g/mol. The Kier molecular flexibility index (Phi) is 11.9. The van der Waals surface area contributed by atoms with Crippen molar-refractivity contribution in [1.29, 1.82) is 0 Å². The van der Waals surface area contributed by atoms with Gasteiger partial charge in [0, 0.05) is 19.5 Å². The van der Waals surface area contributed by atoms with E-state index in [1.807, 2.05) is 107 Å². The molecular weight excluding hydrogens is 532 g/mol. The van der Waals surface area contributed by atoms with Crippen molar-refractivity contribution in [3.05, 3.63) is 101 Å². The first-order valence-electron chi connectivity index (χ1n) is 14.2. The topological polar surface area (TPSA) is 132 Å². The van der Waals surface area contributed by atoms with Crippen LogP contribution in [0.2, 0.25) is 0 Å². The van der Waals surface area contributed by atoms with Gasteiger partial charge in [-0.05, 0) is 68.5 Å².